The van der Waals surface area contributed by atoms with E-state index in [-0.39, 0.29) is 0 Å². The molecule has 1 rings (SSSR count). The summed E-state index contributed by atoms with van der Waals surface area (Å²) in [5, 5.41) is 6.74. The summed E-state index contributed by atoms with van der Waals surface area (Å²) in [4.78, 5) is 0. The van der Waals surface area contributed by atoms with Gasteiger partial charge in [-0.3, -0.25) is 0 Å². The van der Waals surface area contributed by atoms with Crippen LogP contribution in [-0.2, 0) is 6.54 Å². The van der Waals surface area contributed by atoms with E-state index in [9.17, 15) is 0 Å². The van der Waals surface area contributed by atoms with Gasteiger partial charge >= 0.3 is 0 Å². The van der Waals surface area contributed by atoms with Crippen LogP contribution in [0, 0.1) is 0 Å². The molecule has 0 saturated carbocycles. The third kappa shape index (κ3) is 6.03. The van der Waals surface area contributed by atoms with E-state index in [4.69, 9.17) is 4.74 Å². The number of hydrogen-bond acceptors (Lipinski definition) is 3. The van der Waals surface area contributed by atoms with Gasteiger partial charge in [0.25, 0.3) is 0 Å². The molecule has 0 bridgehead atoms. The lowest BCUT2D eigenvalue weighted by molar-refractivity contribution is 0.310. The maximum atomic E-state index is 5.81. The summed E-state index contributed by atoms with van der Waals surface area (Å²) in [6, 6.07) is 8.25. The van der Waals surface area contributed by atoms with Crippen LogP contribution in [0.2, 0.25) is 0 Å². The third-order valence-corrected chi connectivity index (χ3v) is 2.68. The Kier molecular flexibility index (Phi) is 8.26. The minimum absolute atomic E-state index is 0.727. The second kappa shape index (κ2) is 9.92. The van der Waals surface area contributed by atoms with Gasteiger partial charge in [0.1, 0.15) is 12.4 Å². The summed E-state index contributed by atoms with van der Waals surface area (Å²) in [5.74, 6) is 0.999. The molecule has 1 aromatic rings. The highest BCUT2D eigenvalue weighted by Crippen LogP contribution is 2.17. The van der Waals surface area contributed by atoms with Crippen molar-refractivity contribution in [2.75, 3.05) is 26.2 Å². The molecular formula is C15H26N2O. The second-order valence-electron chi connectivity index (χ2n) is 4.38. The van der Waals surface area contributed by atoms with E-state index in [1.165, 1.54) is 5.56 Å². The molecule has 0 saturated heterocycles. The minimum Gasteiger partial charge on any atom is -0.492 e. The largest absolute Gasteiger partial charge is 0.492 e. The van der Waals surface area contributed by atoms with Crippen molar-refractivity contribution in [3.05, 3.63) is 29.8 Å². The topological polar surface area (TPSA) is 33.3 Å². The Morgan fingerprint density at radius 3 is 2.44 bits per heavy atom. The van der Waals surface area contributed by atoms with E-state index >= 15 is 0 Å². The maximum Gasteiger partial charge on any atom is 0.123 e. The van der Waals surface area contributed by atoms with Gasteiger partial charge in [-0.05, 0) is 32.0 Å². The molecule has 0 aliphatic heterocycles. The molecule has 0 aliphatic rings. The molecule has 0 amide bonds. The van der Waals surface area contributed by atoms with Crippen LogP contribution in [0.15, 0.2) is 24.3 Å². The predicted molar refractivity (Wildman–Crippen MR) is 77.1 cm³/mol. The Labute approximate surface area is 111 Å². The summed E-state index contributed by atoms with van der Waals surface area (Å²) in [7, 11) is 0. The number of rotatable bonds is 10. The highest BCUT2D eigenvalue weighted by Gasteiger charge is 2.01. The van der Waals surface area contributed by atoms with E-state index in [1.807, 2.05) is 12.1 Å². The molecule has 0 aromatic heterocycles. The molecule has 0 aliphatic carbocycles. The molecule has 1 aromatic carbocycles. The Morgan fingerprint density at radius 2 is 1.67 bits per heavy atom. The van der Waals surface area contributed by atoms with Crippen molar-refractivity contribution in [1.29, 1.82) is 0 Å². The highest BCUT2D eigenvalue weighted by atomic mass is 16.5. The molecular weight excluding hydrogens is 224 g/mol. The number of para-hydroxylation sites is 1. The van der Waals surface area contributed by atoms with Crippen molar-refractivity contribution >= 4 is 0 Å². The summed E-state index contributed by atoms with van der Waals surface area (Å²) in [5.41, 5.74) is 1.24. The van der Waals surface area contributed by atoms with Crippen LogP contribution in [0.3, 0.4) is 0 Å². The molecule has 0 unspecified atom stereocenters. The van der Waals surface area contributed by atoms with Crippen LogP contribution in [0.1, 0.15) is 32.3 Å². The van der Waals surface area contributed by atoms with E-state index < -0.39 is 0 Å². The van der Waals surface area contributed by atoms with Gasteiger partial charge in [-0.1, -0.05) is 32.0 Å². The summed E-state index contributed by atoms with van der Waals surface area (Å²) >= 11 is 0. The number of hydrogen-bond donors (Lipinski definition) is 2. The molecule has 102 valence electrons. The zero-order valence-corrected chi connectivity index (χ0v) is 11.7. The Bertz CT molecular complexity index is 315. The molecule has 3 heteroatoms. The molecule has 0 fully saturated rings. The van der Waals surface area contributed by atoms with Crippen molar-refractivity contribution in [3.8, 4) is 5.75 Å². The van der Waals surface area contributed by atoms with Crippen molar-refractivity contribution in [2.45, 2.75) is 33.2 Å². The highest BCUT2D eigenvalue weighted by molar-refractivity contribution is 5.33. The lowest BCUT2D eigenvalue weighted by atomic mass is 10.2. The first-order valence-electron chi connectivity index (χ1n) is 7.00. The van der Waals surface area contributed by atoms with Gasteiger partial charge in [0.15, 0.2) is 0 Å². The predicted octanol–water partition coefficient (Wildman–Crippen LogP) is 2.56. The van der Waals surface area contributed by atoms with Crippen LogP contribution in [0.5, 0.6) is 5.75 Å². The van der Waals surface area contributed by atoms with E-state index in [0.29, 0.717) is 0 Å². The van der Waals surface area contributed by atoms with Gasteiger partial charge in [0.2, 0.25) is 0 Å². The van der Waals surface area contributed by atoms with Crippen LogP contribution >= 0.6 is 0 Å². The Morgan fingerprint density at radius 1 is 0.944 bits per heavy atom. The molecule has 0 atom stereocenters. The van der Waals surface area contributed by atoms with Crippen molar-refractivity contribution in [1.82, 2.24) is 10.6 Å². The molecule has 18 heavy (non-hydrogen) atoms. The molecule has 0 heterocycles. The molecule has 3 nitrogen and oxygen atoms in total. The van der Waals surface area contributed by atoms with Gasteiger partial charge in [0.05, 0.1) is 0 Å². The second-order valence-corrected chi connectivity index (χ2v) is 4.38. The van der Waals surface area contributed by atoms with Gasteiger partial charge < -0.3 is 15.4 Å². The van der Waals surface area contributed by atoms with Crippen molar-refractivity contribution in [3.63, 3.8) is 0 Å². The fourth-order valence-electron chi connectivity index (χ4n) is 1.73. The van der Waals surface area contributed by atoms with Gasteiger partial charge in [-0.15, -0.1) is 0 Å². The monoisotopic (exact) mass is 250 g/mol. The van der Waals surface area contributed by atoms with E-state index in [2.05, 4.69) is 36.6 Å². The lowest BCUT2D eigenvalue weighted by Gasteiger charge is -2.12. The van der Waals surface area contributed by atoms with Gasteiger partial charge in [-0.25, -0.2) is 0 Å². The Hall–Kier alpha value is -1.06. The van der Waals surface area contributed by atoms with Gasteiger partial charge in [-0.2, -0.15) is 0 Å². The van der Waals surface area contributed by atoms with Crippen LogP contribution in [-0.4, -0.2) is 26.2 Å². The van der Waals surface area contributed by atoms with Crippen molar-refractivity contribution < 1.29 is 4.74 Å². The van der Waals surface area contributed by atoms with Crippen LogP contribution in [0.4, 0.5) is 0 Å². The maximum absolute atomic E-state index is 5.81. The first-order valence-corrected chi connectivity index (χ1v) is 7.00. The first-order chi connectivity index (χ1) is 8.88. The SMILES string of the molecule is CCCNCCOc1ccccc1CNCCC. The minimum atomic E-state index is 0.727. The van der Waals surface area contributed by atoms with Crippen LogP contribution in [0.25, 0.3) is 0 Å². The smallest absolute Gasteiger partial charge is 0.123 e. The average molecular weight is 250 g/mol. The molecule has 0 radical (unpaired) electrons. The van der Waals surface area contributed by atoms with Crippen molar-refractivity contribution in [2.24, 2.45) is 0 Å². The fourth-order valence-corrected chi connectivity index (χ4v) is 1.73. The normalized spacial score (nSPS) is 10.6. The summed E-state index contributed by atoms with van der Waals surface area (Å²) < 4.78 is 5.81. The zero-order valence-electron chi connectivity index (χ0n) is 11.7. The number of benzene rings is 1. The third-order valence-electron chi connectivity index (χ3n) is 2.68. The Balaban J connectivity index is 2.33. The standard InChI is InChI=1S/C15H26N2O/c1-3-9-16-11-12-18-15-8-6-5-7-14(15)13-17-10-4-2/h5-8,16-17H,3-4,9-13H2,1-2H3. The lowest BCUT2D eigenvalue weighted by Crippen LogP contribution is -2.22. The molecule has 0 spiro atoms. The first kappa shape index (κ1) is 15.0. The quantitative estimate of drug-likeness (QED) is 0.626. The molecule has 2 N–H and O–H groups in total. The summed E-state index contributed by atoms with van der Waals surface area (Å²) in [6.45, 7) is 8.97. The number of ether oxygens (including phenoxy) is 1. The fraction of sp³-hybridized carbons (Fsp3) is 0.600. The van der Waals surface area contributed by atoms with E-state index in [0.717, 1.165) is 51.4 Å². The average Bonchev–Trinajstić information content (AvgIpc) is 2.40. The zero-order chi connectivity index (χ0) is 13.1. The summed E-state index contributed by atoms with van der Waals surface area (Å²) in [6.07, 6.45) is 2.32. The number of nitrogens with one attached hydrogen (secondary N) is 2. The van der Waals surface area contributed by atoms with Crippen LogP contribution < -0.4 is 15.4 Å². The van der Waals surface area contributed by atoms with Gasteiger partial charge in [0, 0.05) is 18.7 Å². The van der Waals surface area contributed by atoms with E-state index in [1.54, 1.807) is 0 Å².